The van der Waals surface area contributed by atoms with Gasteiger partial charge in [0, 0.05) is 5.56 Å². The first-order valence-corrected chi connectivity index (χ1v) is 5.76. The molecule has 1 aliphatic carbocycles. The Morgan fingerprint density at radius 2 is 2.17 bits per heavy atom. The number of rotatable bonds is 3. The van der Waals surface area contributed by atoms with E-state index in [1.54, 1.807) is 42.5 Å². The first-order chi connectivity index (χ1) is 8.58. The van der Waals surface area contributed by atoms with Crippen LogP contribution in [0.1, 0.15) is 15.9 Å². The second kappa shape index (κ2) is 4.72. The minimum Gasteiger partial charge on any atom is -0.322 e. The lowest BCUT2D eigenvalue weighted by atomic mass is 9.81. The second-order valence-electron chi connectivity index (χ2n) is 4.36. The largest absolute Gasteiger partial charge is 0.322 e. The highest BCUT2D eigenvalue weighted by atomic mass is 16.1. The van der Waals surface area contributed by atoms with Crippen molar-refractivity contribution in [1.82, 2.24) is 0 Å². The van der Waals surface area contributed by atoms with E-state index in [2.05, 4.69) is 6.58 Å². The predicted molar refractivity (Wildman–Crippen MR) is 74.0 cm³/mol. The molecule has 0 aliphatic heterocycles. The third-order valence-electron chi connectivity index (χ3n) is 3.13. The molecule has 0 fully saturated rings. The fourth-order valence-corrected chi connectivity index (χ4v) is 1.95. The monoisotopic (exact) mass is 240 g/mol. The normalized spacial score (nSPS) is 26.0. The van der Waals surface area contributed by atoms with Crippen molar-refractivity contribution in [2.75, 3.05) is 0 Å². The van der Waals surface area contributed by atoms with Gasteiger partial charge in [0.1, 0.15) is 5.54 Å². The molecule has 0 heterocycles. The number of Topliss-reactive ketones (excluding diaryl/α,β-unsaturated/α-hetero) is 1. The summed E-state index contributed by atoms with van der Waals surface area (Å²) in [6, 6.07) is 6.68. The summed E-state index contributed by atoms with van der Waals surface area (Å²) in [5.74, 6) is -0.181. The molecule has 0 amide bonds. The lowest BCUT2D eigenvalue weighted by molar-refractivity contribution is 0.0911. The Bertz CT molecular complexity index is 545. The van der Waals surface area contributed by atoms with Crippen molar-refractivity contribution in [2.24, 2.45) is 11.5 Å². The summed E-state index contributed by atoms with van der Waals surface area (Å²) >= 11 is 0. The number of carbonyl (C=O) groups excluding carboxylic acids is 1. The molecule has 0 spiro atoms. The van der Waals surface area contributed by atoms with Crippen molar-refractivity contribution in [3.63, 3.8) is 0 Å². The summed E-state index contributed by atoms with van der Waals surface area (Å²) in [5, 5.41) is 0. The lowest BCUT2D eigenvalue weighted by Gasteiger charge is -2.31. The van der Waals surface area contributed by atoms with E-state index in [0.717, 1.165) is 5.56 Å². The third-order valence-corrected chi connectivity index (χ3v) is 3.13. The number of benzene rings is 1. The van der Waals surface area contributed by atoms with Gasteiger partial charge in [-0.25, -0.2) is 0 Å². The van der Waals surface area contributed by atoms with E-state index in [1.165, 1.54) is 0 Å². The molecule has 0 radical (unpaired) electrons. The molecule has 3 heteroatoms. The molecule has 1 aromatic rings. The molecule has 2 atom stereocenters. The molecule has 1 aromatic carbocycles. The van der Waals surface area contributed by atoms with E-state index in [0.29, 0.717) is 5.56 Å². The Hall–Kier alpha value is -1.97. The molecule has 1 aliphatic rings. The number of nitrogens with two attached hydrogens (primary N) is 2. The van der Waals surface area contributed by atoms with Crippen molar-refractivity contribution in [3.8, 4) is 0 Å². The Labute approximate surface area is 106 Å². The Kier molecular flexibility index (Phi) is 3.28. The molecule has 92 valence electrons. The van der Waals surface area contributed by atoms with Crippen molar-refractivity contribution in [2.45, 2.75) is 11.6 Å². The molecule has 18 heavy (non-hydrogen) atoms. The average molecular weight is 240 g/mol. The highest BCUT2D eigenvalue weighted by Gasteiger charge is 2.38. The smallest absolute Gasteiger partial charge is 0.188 e. The Morgan fingerprint density at radius 1 is 1.39 bits per heavy atom. The molecule has 4 N–H and O–H groups in total. The molecule has 2 rings (SSSR count). The topological polar surface area (TPSA) is 69.1 Å². The number of hydrogen-bond donors (Lipinski definition) is 2. The number of carbonyl (C=O) groups is 1. The van der Waals surface area contributed by atoms with Gasteiger partial charge in [-0.05, 0) is 11.6 Å². The van der Waals surface area contributed by atoms with Crippen LogP contribution in [0.25, 0.3) is 6.08 Å². The van der Waals surface area contributed by atoms with E-state index >= 15 is 0 Å². The zero-order valence-electron chi connectivity index (χ0n) is 10.0. The van der Waals surface area contributed by atoms with Crippen molar-refractivity contribution in [3.05, 3.63) is 66.3 Å². The molecule has 0 aromatic heterocycles. The van der Waals surface area contributed by atoms with Crippen LogP contribution < -0.4 is 11.5 Å². The highest BCUT2D eigenvalue weighted by Crippen LogP contribution is 2.20. The highest BCUT2D eigenvalue weighted by molar-refractivity contribution is 6.06. The first kappa shape index (κ1) is 12.5. The predicted octanol–water partition coefficient (Wildman–Crippen LogP) is 1.66. The van der Waals surface area contributed by atoms with Gasteiger partial charge in [0.05, 0.1) is 6.04 Å². The summed E-state index contributed by atoms with van der Waals surface area (Å²) in [6.45, 7) is 3.68. The molecule has 0 bridgehead atoms. The van der Waals surface area contributed by atoms with Gasteiger partial charge in [-0.2, -0.15) is 0 Å². The number of hydrogen-bond acceptors (Lipinski definition) is 3. The average Bonchev–Trinajstić information content (AvgIpc) is 2.41. The van der Waals surface area contributed by atoms with E-state index in [-0.39, 0.29) is 5.78 Å². The van der Waals surface area contributed by atoms with Crippen LogP contribution in [0.15, 0.2) is 55.1 Å². The first-order valence-electron chi connectivity index (χ1n) is 5.76. The SMILES string of the molecule is C=Cc1cccc(C(=O)C2(N)C=CC=CC2N)c1. The standard InChI is InChI=1S/C15H16N2O/c1-2-11-6-5-7-12(10-11)14(18)15(17)9-4-3-8-13(15)16/h2-10,13H,1,16-17H2. The summed E-state index contributed by atoms with van der Waals surface area (Å²) in [6.07, 6.45) is 8.62. The van der Waals surface area contributed by atoms with Gasteiger partial charge in [-0.15, -0.1) is 0 Å². The van der Waals surface area contributed by atoms with Gasteiger partial charge in [-0.3, -0.25) is 4.79 Å². The Morgan fingerprint density at radius 3 is 2.83 bits per heavy atom. The van der Waals surface area contributed by atoms with Crippen LogP contribution in [0, 0.1) is 0 Å². The summed E-state index contributed by atoms with van der Waals surface area (Å²) in [7, 11) is 0. The van der Waals surface area contributed by atoms with E-state index < -0.39 is 11.6 Å². The fraction of sp³-hybridized carbons (Fsp3) is 0.133. The van der Waals surface area contributed by atoms with Crippen LogP contribution >= 0.6 is 0 Å². The van der Waals surface area contributed by atoms with Crippen molar-refractivity contribution >= 4 is 11.9 Å². The fourth-order valence-electron chi connectivity index (χ4n) is 1.95. The second-order valence-corrected chi connectivity index (χ2v) is 4.36. The minimum atomic E-state index is -1.17. The van der Waals surface area contributed by atoms with Crippen molar-refractivity contribution < 1.29 is 4.79 Å². The maximum Gasteiger partial charge on any atom is 0.188 e. The van der Waals surface area contributed by atoms with E-state index in [1.807, 2.05) is 12.1 Å². The molecular weight excluding hydrogens is 224 g/mol. The van der Waals surface area contributed by atoms with Crippen LogP contribution in [0.5, 0.6) is 0 Å². The third kappa shape index (κ3) is 2.06. The number of ketones is 1. The van der Waals surface area contributed by atoms with Crippen LogP contribution in [0.3, 0.4) is 0 Å². The van der Waals surface area contributed by atoms with Crippen LogP contribution in [-0.4, -0.2) is 17.4 Å². The van der Waals surface area contributed by atoms with Crippen LogP contribution in [0.2, 0.25) is 0 Å². The van der Waals surface area contributed by atoms with E-state index in [9.17, 15) is 4.79 Å². The van der Waals surface area contributed by atoms with Gasteiger partial charge in [-0.1, -0.05) is 55.2 Å². The maximum atomic E-state index is 12.5. The van der Waals surface area contributed by atoms with Crippen LogP contribution in [-0.2, 0) is 0 Å². The summed E-state index contributed by atoms with van der Waals surface area (Å²) in [5.41, 5.74) is 12.3. The van der Waals surface area contributed by atoms with Gasteiger partial charge >= 0.3 is 0 Å². The zero-order valence-corrected chi connectivity index (χ0v) is 10.0. The molecule has 3 nitrogen and oxygen atoms in total. The zero-order chi connectivity index (χ0) is 13.2. The van der Waals surface area contributed by atoms with E-state index in [4.69, 9.17) is 11.5 Å². The van der Waals surface area contributed by atoms with Gasteiger partial charge in [0.15, 0.2) is 5.78 Å². The lowest BCUT2D eigenvalue weighted by Crippen LogP contribution is -2.59. The number of allylic oxidation sites excluding steroid dienone is 2. The van der Waals surface area contributed by atoms with Crippen molar-refractivity contribution in [1.29, 1.82) is 0 Å². The minimum absolute atomic E-state index is 0.181. The molecule has 2 unspecified atom stereocenters. The van der Waals surface area contributed by atoms with Gasteiger partial charge < -0.3 is 11.5 Å². The van der Waals surface area contributed by atoms with Gasteiger partial charge in [0.2, 0.25) is 0 Å². The Balaban J connectivity index is 2.39. The van der Waals surface area contributed by atoms with Gasteiger partial charge in [0.25, 0.3) is 0 Å². The molecule has 0 saturated carbocycles. The van der Waals surface area contributed by atoms with Crippen LogP contribution in [0.4, 0.5) is 0 Å². The molecular formula is C15H16N2O. The summed E-state index contributed by atoms with van der Waals surface area (Å²) in [4.78, 5) is 12.5. The maximum absolute atomic E-state index is 12.5. The summed E-state index contributed by atoms with van der Waals surface area (Å²) < 4.78 is 0. The quantitative estimate of drug-likeness (QED) is 0.789. The molecule has 0 saturated heterocycles.